The van der Waals surface area contributed by atoms with Crippen LogP contribution in [-0.2, 0) is 20.9 Å². The fraction of sp³-hybridized carbons (Fsp3) is 0.148. The zero-order chi connectivity index (χ0) is 26.4. The van der Waals surface area contributed by atoms with E-state index >= 15 is 0 Å². The van der Waals surface area contributed by atoms with Gasteiger partial charge >= 0.3 is 4.87 Å². The summed E-state index contributed by atoms with van der Waals surface area (Å²) in [7, 11) is 0. The first-order valence-electron chi connectivity index (χ1n) is 11.7. The molecule has 2 aromatic carbocycles. The van der Waals surface area contributed by atoms with Crippen molar-refractivity contribution in [3.8, 4) is 0 Å². The molecular weight excluding hydrogens is 544 g/mol. The van der Waals surface area contributed by atoms with E-state index in [0.717, 1.165) is 16.9 Å². The van der Waals surface area contributed by atoms with Crippen LogP contribution in [0.25, 0.3) is 0 Å². The molecule has 4 aromatic rings. The molecule has 0 spiro atoms. The second-order valence-corrected chi connectivity index (χ2v) is 11.4. The number of carbonyl (C=O) groups is 3. The first-order valence-corrected chi connectivity index (χ1v) is 13.8. The van der Waals surface area contributed by atoms with Gasteiger partial charge in [-0.15, -0.1) is 0 Å². The van der Waals surface area contributed by atoms with Crippen molar-refractivity contribution in [1.82, 2.24) is 9.55 Å². The summed E-state index contributed by atoms with van der Waals surface area (Å²) in [5.74, 6) is -2.37. The standard InChI is InChI=1S/C27H19ClN4O4S2/c28-16-8-10-18(11-9-16)32-24(34)21-20(15-5-4-12-29-13-15)23-26(37-22(21)25(32)35)31(27(36)38-23)14-19(33)30-17-6-2-1-3-7-17/h1-13,20-22H,14H2,(H,30,33). The lowest BCUT2D eigenvalue weighted by Gasteiger charge is -2.30. The number of amides is 3. The summed E-state index contributed by atoms with van der Waals surface area (Å²) in [5.41, 5.74) is 1.78. The number of hydrogen-bond acceptors (Lipinski definition) is 7. The van der Waals surface area contributed by atoms with Crippen LogP contribution in [0.5, 0.6) is 0 Å². The number of nitrogens with one attached hydrogen (secondary N) is 1. The van der Waals surface area contributed by atoms with Crippen LogP contribution >= 0.6 is 34.7 Å². The number of nitrogens with zero attached hydrogens (tertiary/aromatic N) is 3. The zero-order valence-electron chi connectivity index (χ0n) is 19.6. The lowest BCUT2D eigenvalue weighted by molar-refractivity contribution is -0.122. The largest absolute Gasteiger partial charge is 0.325 e. The Labute approximate surface area is 230 Å². The fourth-order valence-corrected chi connectivity index (χ4v) is 7.78. The van der Waals surface area contributed by atoms with E-state index in [0.29, 0.717) is 26.3 Å². The lowest BCUT2D eigenvalue weighted by atomic mass is 9.84. The van der Waals surface area contributed by atoms with Crippen LogP contribution in [0.3, 0.4) is 0 Å². The highest BCUT2D eigenvalue weighted by molar-refractivity contribution is 8.00. The Morgan fingerprint density at radius 2 is 1.74 bits per heavy atom. The molecule has 8 nitrogen and oxygen atoms in total. The molecule has 0 saturated carbocycles. The average Bonchev–Trinajstić information content (AvgIpc) is 3.36. The third-order valence-corrected chi connectivity index (χ3v) is 9.39. The molecule has 3 amide bonds. The van der Waals surface area contributed by atoms with Gasteiger partial charge in [0.25, 0.3) is 0 Å². The molecule has 190 valence electrons. The molecule has 0 aliphatic carbocycles. The van der Waals surface area contributed by atoms with Crippen LogP contribution < -0.4 is 15.1 Å². The van der Waals surface area contributed by atoms with E-state index in [1.54, 1.807) is 67.0 Å². The summed E-state index contributed by atoms with van der Waals surface area (Å²) < 4.78 is 1.39. The number of fused-ring (bicyclic) bond motifs is 2. The van der Waals surface area contributed by atoms with Crippen molar-refractivity contribution in [1.29, 1.82) is 0 Å². The third kappa shape index (κ3) is 4.24. The van der Waals surface area contributed by atoms with Gasteiger partial charge < -0.3 is 5.32 Å². The maximum Gasteiger partial charge on any atom is 0.308 e. The smallest absolute Gasteiger partial charge is 0.308 e. The number of benzene rings is 2. The molecule has 6 rings (SSSR count). The lowest BCUT2D eigenvalue weighted by Crippen LogP contribution is -2.33. The van der Waals surface area contributed by atoms with E-state index in [2.05, 4.69) is 10.3 Å². The van der Waals surface area contributed by atoms with E-state index in [1.807, 2.05) is 12.1 Å². The summed E-state index contributed by atoms with van der Waals surface area (Å²) in [6.45, 7) is -0.216. The molecular formula is C27H19ClN4O4S2. The summed E-state index contributed by atoms with van der Waals surface area (Å²) in [6.07, 6.45) is 3.28. The van der Waals surface area contributed by atoms with Gasteiger partial charge in [-0.3, -0.25) is 28.7 Å². The molecule has 38 heavy (non-hydrogen) atoms. The zero-order valence-corrected chi connectivity index (χ0v) is 22.0. The summed E-state index contributed by atoms with van der Waals surface area (Å²) in [6, 6.07) is 19.1. The number of para-hydroxylation sites is 1. The van der Waals surface area contributed by atoms with Crippen LogP contribution in [0, 0.1) is 5.92 Å². The number of rotatable bonds is 5. The fourth-order valence-electron chi connectivity index (χ4n) is 4.88. The van der Waals surface area contributed by atoms with Gasteiger partial charge in [-0.25, -0.2) is 4.90 Å². The molecule has 2 aliphatic heterocycles. The first-order chi connectivity index (χ1) is 18.4. The van der Waals surface area contributed by atoms with Crippen LogP contribution in [0.4, 0.5) is 11.4 Å². The number of aromatic nitrogens is 2. The Hall–Kier alpha value is -3.73. The summed E-state index contributed by atoms with van der Waals surface area (Å²) in [5, 5.41) is 3.05. The molecule has 4 heterocycles. The average molecular weight is 563 g/mol. The molecule has 3 unspecified atom stereocenters. The Morgan fingerprint density at radius 3 is 2.45 bits per heavy atom. The SMILES string of the molecule is O=C(Cn1c2c(sc1=O)C(c1cccnc1)C1C(=O)N(c3ccc(Cl)cc3)C(=O)C1S2)Nc1ccccc1. The first kappa shape index (κ1) is 24.6. The van der Waals surface area contributed by atoms with Gasteiger partial charge in [0.05, 0.1) is 16.6 Å². The highest BCUT2D eigenvalue weighted by Crippen LogP contribution is 2.53. The molecule has 1 saturated heterocycles. The number of imide groups is 1. The quantitative estimate of drug-likeness (QED) is 0.362. The highest BCUT2D eigenvalue weighted by Gasteiger charge is 2.56. The van der Waals surface area contributed by atoms with Crippen molar-refractivity contribution in [3.63, 3.8) is 0 Å². The third-order valence-electron chi connectivity index (χ3n) is 6.54. The highest BCUT2D eigenvalue weighted by atomic mass is 35.5. The van der Waals surface area contributed by atoms with E-state index in [1.165, 1.54) is 21.2 Å². The maximum atomic E-state index is 13.8. The number of pyridine rings is 1. The number of thioether (sulfide) groups is 1. The van der Waals surface area contributed by atoms with Crippen LogP contribution in [0.15, 0.2) is 88.9 Å². The molecule has 0 radical (unpaired) electrons. The monoisotopic (exact) mass is 562 g/mol. The van der Waals surface area contributed by atoms with Crippen molar-refractivity contribution in [2.45, 2.75) is 22.7 Å². The number of halogens is 1. The predicted molar refractivity (Wildman–Crippen MR) is 147 cm³/mol. The van der Waals surface area contributed by atoms with Crippen LogP contribution in [0.1, 0.15) is 16.4 Å². The predicted octanol–water partition coefficient (Wildman–Crippen LogP) is 4.39. The van der Waals surface area contributed by atoms with E-state index in [-0.39, 0.29) is 29.1 Å². The minimum atomic E-state index is -0.770. The number of thiazole rings is 1. The van der Waals surface area contributed by atoms with E-state index < -0.39 is 17.1 Å². The topological polar surface area (TPSA) is 101 Å². The van der Waals surface area contributed by atoms with Gasteiger partial charge in [-0.05, 0) is 48.0 Å². The molecule has 1 N–H and O–H groups in total. The molecule has 1 fully saturated rings. The summed E-state index contributed by atoms with van der Waals surface area (Å²) in [4.78, 5) is 59.2. The van der Waals surface area contributed by atoms with Gasteiger partial charge in [0.15, 0.2) is 0 Å². The Kier molecular flexibility index (Phi) is 6.38. The van der Waals surface area contributed by atoms with Gasteiger partial charge in [0.1, 0.15) is 11.8 Å². The van der Waals surface area contributed by atoms with E-state index in [9.17, 15) is 19.2 Å². The van der Waals surface area contributed by atoms with Gasteiger partial charge in [0, 0.05) is 33.9 Å². The molecule has 0 bridgehead atoms. The summed E-state index contributed by atoms with van der Waals surface area (Å²) >= 11 is 8.19. The van der Waals surface area contributed by atoms with Crippen molar-refractivity contribution >= 4 is 63.8 Å². The van der Waals surface area contributed by atoms with Crippen LogP contribution in [-0.4, -0.2) is 32.5 Å². The number of anilines is 2. The van der Waals surface area contributed by atoms with Gasteiger partial charge in [0.2, 0.25) is 17.7 Å². The Morgan fingerprint density at radius 1 is 0.974 bits per heavy atom. The van der Waals surface area contributed by atoms with Gasteiger partial charge in [-0.1, -0.05) is 59.0 Å². The Bertz CT molecular complexity index is 1610. The Balaban J connectivity index is 1.41. The van der Waals surface area contributed by atoms with Crippen molar-refractivity contribution in [2.24, 2.45) is 5.92 Å². The second kappa shape index (κ2) is 9.86. The number of carbonyl (C=O) groups excluding carboxylic acids is 3. The molecule has 2 aromatic heterocycles. The van der Waals surface area contributed by atoms with E-state index in [4.69, 9.17) is 11.6 Å². The minimum absolute atomic E-state index is 0.216. The van der Waals surface area contributed by atoms with Crippen molar-refractivity contribution in [3.05, 3.63) is 104 Å². The second-order valence-electron chi connectivity index (χ2n) is 8.85. The maximum absolute atomic E-state index is 13.8. The normalized spacial score (nSPS) is 20.2. The van der Waals surface area contributed by atoms with Gasteiger partial charge in [-0.2, -0.15) is 0 Å². The minimum Gasteiger partial charge on any atom is -0.325 e. The van der Waals surface area contributed by atoms with Crippen molar-refractivity contribution < 1.29 is 14.4 Å². The molecule has 11 heteroatoms. The number of hydrogen-bond donors (Lipinski definition) is 1. The van der Waals surface area contributed by atoms with Crippen molar-refractivity contribution in [2.75, 3.05) is 10.2 Å². The van der Waals surface area contributed by atoms with Crippen LogP contribution in [0.2, 0.25) is 5.02 Å². The molecule has 3 atom stereocenters. The molecule has 2 aliphatic rings.